The van der Waals surface area contributed by atoms with Gasteiger partial charge in [-0.25, -0.2) is 0 Å². The third-order valence-electron chi connectivity index (χ3n) is 0.129. The van der Waals surface area contributed by atoms with Gasteiger partial charge in [-0.1, -0.05) is 0 Å². The van der Waals surface area contributed by atoms with Crippen LogP contribution in [0.1, 0.15) is 0 Å². The zero-order valence-corrected chi connectivity index (χ0v) is 6.33. The van der Waals surface area contributed by atoms with E-state index in [1.165, 1.54) is 0 Å². The largest absolute Gasteiger partial charge is 0.330 e. The van der Waals surface area contributed by atoms with E-state index in [4.69, 9.17) is 5.73 Å². The SMILES string of the molecule is NCCS.[Na]. The molecule has 5 heavy (non-hydrogen) atoms. The van der Waals surface area contributed by atoms with Crippen LogP contribution < -0.4 is 5.73 Å². The summed E-state index contributed by atoms with van der Waals surface area (Å²) in [6.45, 7) is 0.684. The standard InChI is InChI=1S/C2H7NS.Na/c3-1-2-4;/h4H,1-3H2;. The zero-order chi connectivity index (χ0) is 3.41. The van der Waals surface area contributed by atoms with Crippen molar-refractivity contribution in [3.63, 3.8) is 0 Å². The van der Waals surface area contributed by atoms with E-state index in [1.807, 2.05) is 0 Å². The Bertz CT molecular complexity index is 11.6. The van der Waals surface area contributed by atoms with Gasteiger partial charge in [0.15, 0.2) is 0 Å². The van der Waals surface area contributed by atoms with Gasteiger partial charge in [-0.05, 0) is 0 Å². The van der Waals surface area contributed by atoms with Crippen LogP contribution in [0.2, 0.25) is 0 Å². The second-order valence-electron chi connectivity index (χ2n) is 0.512. The molecule has 0 saturated heterocycles. The Labute approximate surface area is 60.0 Å². The molecule has 0 bridgehead atoms. The van der Waals surface area contributed by atoms with E-state index >= 15 is 0 Å². The van der Waals surface area contributed by atoms with Crippen LogP contribution in [0.3, 0.4) is 0 Å². The summed E-state index contributed by atoms with van der Waals surface area (Å²) in [4.78, 5) is 0. The Morgan fingerprint density at radius 2 is 1.80 bits per heavy atom. The van der Waals surface area contributed by atoms with Crippen LogP contribution in [0.5, 0.6) is 0 Å². The van der Waals surface area contributed by atoms with Crippen LogP contribution >= 0.6 is 12.6 Å². The summed E-state index contributed by atoms with van der Waals surface area (Å²) >= 11 is 3.80. The molecule has 2 N–H and O–H groups in total. The second-order valence-corrected chi connectivity index (χ2v) is 0.959. The third kappa shape index (κ3) is 10.9. The minimum Gasteiger partial charge on any atom is -0.330 e. The fraction of sp³-hybridized carbons (Fsp3) is 1.00. The second kappa shape index (κ2) is 9.00. The molecule has 0 aromatic heterocycles. The van der Waals surface area contributed by atoms with Crippen molar-refractivity contribution in [2.45, 2.75) is 0 Å². The molecular weight excluding hydrogens is 93.1 g/mol. The predicted molar refractivity (Wildman–Crippen MR) is 28.7 cm³/mol. The Morgan fingerprint density at radius 3 is 1.80 bits per heavy atom. The van der Waals surface area contributed by atoms with E-state index in [9.17, 15) is 0 Å². The molecule has 0 heterocycles. The summed E-state index contributed by atoms with van der Waals surface area (Å²) in [7, 11) is 0. The molecule has 0 aliphatic carbocycles. The normalized spacial score (nSPS) is 6.00. The average Bonchev–Trinajstić information content (AvgIpc) is 1.37. The summed E-state index contributed by atoms with van der Waals surface area (Å²) in [5.74, 6) is 0.792. The Hall–Kier alpha value is 1.31. The molecule has 1 nitrogen and oxygen atoms in total. The number of nitrogens with two attached hydrogens (primary N) is 1. The molecule has 0 spiro atoms. The van der Waals surface area contributed by atoms with Crippen LogP contribution in [-0.2, 0) is 0 Å². The van der Waals surface area contributed by atoms with E-state index in [-0.39, 0.29) is 29.6 Å². The molecule has 3 heteroatoms. The van der Waals surface area contributed by atoms with Crippen molar-refractivity contribution in [3.05, 3.63) is 0 Å². The van der Waals surface area contributed by atoms with Crippen LogP contribution in [0.25, 0.3) is 0 Å². The minimum absolute atomic E-state index is 0. The first-order chi connectivity index (χ1) is 1.91. The number of rotatable bonds is 1. The van der Waals surface area contributed by atoms with E-state index in [1.54, 1.807) is 0 Å². The molecule has 0 unspecified atom stereocenters. The molecule has 0 amide bonds. The topological polar surface area (TPSA) is 26.0 Å². The third-order valence-corrected chi connectivity index (χ3v) is 0.387. The quantitative estimate of drug-likeness (QED) is 0.337. The predicted octanol–water partition coefficient (Wildman–Crippen LogP) is -0.506. The van der Waals surface area contributed by atoms with E-state index in [0.717, 1.165) is 5.75 Å². The summed E-state index contributed by atoms with van der Waals surface area (Å²) in [5, 5.41) is 0. The van der Waals surface area contributed by atoms with Crippen molar-refractivity contribution in [2.24, 2.45) is 5.73 Å². The fourth-order valence-corrected chi connectivity index (χ4v) is 0. The molecule has 0 aliphatic heterocycles. The average molecular weight is 100 g/mol. The summed E-state index contributed by atoms with van der Waals surface area (Å²) in [5.41, 5.74) is 4.95. The van der Waals surface area contributed by atoms with Gasteiger partial charge in [0.05, 0.1) is 0 Å². The number of thiol groups is 1. The maximum absolute atomic E-state index is 4.95. The monoisotopic (exact) mass is 100 g/mol. The van der Waals surface area contributed by atoms with Gasteiger partial charge >= 0.3 is 0 Å². The minimum atomic E-state index is 0. The van der Waals surface area contributed by atoms with Gasteiger partial charge in [0.25, 0.3) is 0 Å². The zero-order valence-electron chi connectivity index (χ0n) is 3.44. The van der Waals surface area contributed by atoms with Crippen molar-refractivity contribution in [3.8, 4) is 0 Å². The molecule has 1 radical (unpaired) electrons. The van der Waals surface area contributed by atoms with Crippen molar-refractivity contribution in [1.82, 2.24) is 0 Å². The summed E-state index contributed by atoms with van der Waals surface area (Å²) in [6, 6.07) is 0. The Balaban J connectivity index is 0. The maximum atomic E-state index is 4.95. The van der Waals surface area contributed by atoms with Gasteiger partial charge in [-0.3, -0.25) is 0 Å². The summed E-state index contributed by atoms with van der Waals surface area (Å²) < 4.78 is 0. The smallest absolute Gasteiger partial charge is 0.00255 e. The van der Waals surface area contributed by atoms with Crippen LogP contribution in [0.15, 0.2) is 0 Å². The van der Waals surface area contributed by atoms with Crippen LogP contribution in [0, 0.1) is 0 Å². The first-order valence-electron chi connectivity index (χ1n) is 1.22. The van der Waals surface area contributed by atoms with Crippen molar-refractivity contribution in [2.75, 3.05) is 12.3 Å². The first kappa shape index (κ1) is 9.58. The molecular formula is C2H7NNaS. The molecule has 0 rings (SSSR count). The van der Waals surface area contributed by atoms with Crippen LogP contribution in [0.4, 0.5) is 0 Å². The summed E-state index contributed by atoms with van der Waals surface area (Å²) in [6.07, 6.45) is 0. The molecule has 0 aliphatic rings. The molecule has 0 atom stereocenters. The van der Waals surface area contributed by atoms with Crippen molar-refractivity contribution < 1.29 is 0 Å². The van der Waals surface area contributed by atoms with Crippen molar-refractivity contribution in [1.29, 1.82) is 0 Å². The van der Waals surface area contributed by atoms with E-state index in [2.05, 4.69) is 12.6 Å². The molecule has 0 saturated carbocycles. The molecule has 0 fully saturated rings. The van der Waals surface area contributed by atoms with Gasteiger partial charge in [-0.2, -0.15) is 12.6 Å². The van der Waals surface area contributed by atoms with Gasteiger partial charge in [-0.15, -0.1) is 0 Å². The maximum Gasteiger partial charge on any atom is 0.00255 e. The molecule has 27 valence electrons. The van der Waals surface area contributed by atoms with Gasteiger partial charge in [0.2, 0.25) is 0 Å². The van der Waals surface area contributed by atoms with Gasteiger partial charge < -0.3 is 5.73 Å². The number of hydrogen-bond donors (Lipinski definition) is 2. The van der Waals surface area contributed by atoms with Crippen molar-refractivity contribution >= 4 is 42.2 Å². The molecule has 0 aromatic rings. The van der Waals surface area contributed by atoms with E-state index < -0.39 is 0 Å². The molecule has 0 aromatic carbocycles. The Kier molecular flexibility index (Phi) is 17.2. The van der Waals surface area contributed by atoms with Crippen LogP contribution in [-0.4, -0.2) is 41.9 Å². The van der Waals surface area contributed by atoms with E-state index in [0.29, 0.717) is 6.54 Å². The van der Waals surface area contributed by atoms with Gasteiger partial charge in [0.1, 0.15) is 0 Å². The first-order valence-corrected chi connectivity index (χ1v) is 1.86. The van der Waals surface area contributed by atoms with Gasteiger partial charge in [0, 0.05) is 41.9 Å². The Morgan fingerprint density at radius 1 is 1.60 bits per heavy atom. The number of hydrogen-bond acceptors (Lipinski definition) is 2. The fourth-order valence-electron chi connectivity index (χ4n) is 0.